The number of para-hydroxylation sites is 2. The molecule has 0 bridgehead atoms. The van der Waals surface area contributed by atoms with E-state index in [1.54, 1.807) is 0 Å². The number of furan rings is 1. The Morgan fingerprint density at radius 3 is 2.02 bits per heavy atom. The number of hydrogen-bond donors (Lipinski definition) is 0. The lowest BCUT2D eigenvalue weighted by molar-refractivity contribution is 0.657. The van der Waals surface area contributed by atoms with Crippen molar-refractivity contribution >= 4 is 75.3 Å². The minimum absolute atomic E-state index is 0.157. The topological polar surface area (TPSA) is 18.1 Å². The number of rotatable bonds is 3. The quantitative estimate of drug-likeness (QED) is 0.179. The Bertz CT molecular complexity index is 3360. The van der Waals surface area contributed by atoms with Crippen molar-refractivity contribution in [1.29, 1.82) is 0 Å². The second kappa shape index (κ2) is 10.8. The standard InChI is InChI=1S/C51H33NOS/c1-51(2)42-23-19-30(27-39(42)36-22-26-46-48(49(36)51)38-14-6-8-17-45(38)53-46)31-20-24-43-40(28-31)41-29-32(21-25-44(41)52(43)33-11-4-3-5-12-33)34-15-10-16-37-35-13-7-9-18-47(35)54-50(34)37/h3-29H,1-2H3. The Hall–Kier alpha value is -6.42. The molecule has 0 amide bonds. The average molecular weight is 708 g/mol. The van der Waals surface area contributed by atoms with Gasteiger partial charge in [0.25, 0.3) is 0 Å². The summed E-state index contributed by atoms with van der Waals surface area (Å²) in [4.78, 5) is 0. The molecule has 254 valence electrons. The van der Waals surface area contributed by atoms with Crippen LogP contribution in [0.15, 0.2) is 168 Å². The van der Waals surface area contributed by atoms with E-state index in [1.807, 2.05) is 11.3 Å². The summed E-state index contributed by atoms with van der Waals surface area (Å²) < 4.78 is 11.4. The minimum Gasteiger partial charge on any atom is -0.456 e. The third kappa shape index (κ3) is 4.05. The summed E-state index contributed by atoms with van der Waals surface area (Å²) in [7, 11) is 0. The van der Waals surface area contributed by atoms with Crippen molar-refractivity contribution in [3.8, 4) is 39.1 Å². The second-order valence-corrected chi connectivity index (χ2v) is 16.3. The molecule has 0 N–H and O–H groups in total. The average Bonchev–Trinajstić information content (AvgIpc) is 3.94. The highest BCUT2D eigenvalue weighted by atomic mass is 32.1. The first-order valence-electron chi connectivity index (χ1n) is 18.7. The third-order valence-corrected chi connectivity index (χ3v) is 13.2. The molecule has 8 aromatic carbocycles. The summed E-state index contributed by atoms with van der Waals surface area (Å²) in [6.07, 6.45) is 0. The maximum atomic E-state index is 6.34. The second-order valence-electron chi connectivity index (χ2n) is 15.3. The van der Waals surface area contributed by atoms with Crippen LogP contribution in [0.4, 0.5) is 0 Å². The van der Waals surface area contributed by atoms with Gasteiger partial charge in [-0.05, 0) is 105 Å². The predicted octanol–water partition coefficient (Wildman–Crippen LogP) is 14.7. The Morgan fingerprint density at radius 1 is 0.481 bits per heavy atom. The van der Waals surface area contributed by atoms with E-state index < -0.39 is 0 Å². The van der Waals surface area contributed by atoms with Crippen LogP contribution in [0.2, 0.25) is 0 Å². The molecule has 1 aliphatic rings. The lowest BCUT2D eigenvalue weighted by Gasteiger charge is -2.22. The highest BCUT2D eigenvalue weighted by Crippen LogP contribution is 2.54. The van der Waals surface area contributed by atoms with Gasteiger partial charge in [-0.15, -0.1) is 11.3 Å². The molecule has 0 fully saturated rings. The van der Waals surface area contributed by atoms with Gasteiger partial charge < -0.3 is 8.98 Å². The first kappa shape index (κ1) is 30.1. The van der Waals surface area contributed by atoms with Crippen molar-refractivity contribution in [3.63, 3.8) is 0 Å². The van der Waals surface area contributed by atoms with Crippen molar-refractivity contribution in [3.05, 3.63) is 175 Å². The van der Waals surface area contributed by atoms with E-state index in [2.05, 4.69) is 182 Å². The molecule has 0 spiro atoms. The van der Waals surface area contributed by atoms with Crippen LogP contribution in [0.25, 0.3) is 103 Å². The maximum absolute atomic E-state index is 6.34. The molecule has 1 aliphatic carbocycles. The van der Waals surface area contributed by atoms with E-state index in [0.717, 1.165) is 11.2 Å². The van der Waals surface area contributed by atoms with Crippen molar-refractivity contribution in [2.24, 2.45) is 0 Å². The summed E-state index contributed by atoms with van der Waals surface area (Å²) in [6, 6.07) is 60.3. The molecule has 11 aromatic rings. The van der Waals surface area contributed by atoms with Crippen molar-refractivity contribution < 1.29 is 4.42 Å². The van der Waals surface area contributed by atoms with Gasteiger partial charge in [0.05, 0.1) is 11.0 Å². The largest absolute Gasteiger partial charge is 0.456 e. The zero-order valence-corrected chi connectivity index (χ0v) is 30.7. The lowest BCUT2D eigenvalue weighted by Crippen LogP contribution is -2.15. The lowest BCUT2D eigenvalue weighted by atomic mass is 9.80. The fourth-order valence-corrected chi connectivity index (χ4v) is 10.8. The highest BCUT2D eigenvalue weighted by molar-refractivity contribution is 7.26. The van der Waals surface area contributed by atoms with Gasteiger partial charge in [0.1, 0.15) is 11.2 Å². The molecular weight excluding hydrogens is 675 g/mol. The van der Waals surface area contributed by atoms with E-state index in [-0.39, 0.29) is 5.41 Å². The van der Waals surface area contributed by atoms with Crippen molar-refractivity contribution in [1.82, 2.24) is 4.57 Å². The number of fused-ring (bicyclic) bond motifs is 13. The van der Waals surface area contributed by atoms with Crippen LogP contribution in [-0.2, 0) is 5.41 Å². The number of benzene rings is 8. The molecule has 0 radical (unpaired) electrons. The van der Waals surface area contributed by atoms with Crippen LogP contribution in [0.3, 0.4) is 0 Å². The highest BCUT2D eigenvalue weighted by Gasteiger charge is 2.38. The molecule has 0 saturated carbocycles. The SMILES string of the molecule is CC1(C)c2ccc(-c3ccc4c(c3)c3cc(-c5cccc6c5sc5ccccc56)ccc3n4-c3ccccc3)cc2-c2ccc3oc4ccccc4c3c21. The minimum atomic E-state index is -0.157. The number of nitrogens with zero attached hydrogens (tertiary/aromatic N) is 1. The number of hydrogen-bond acceptors (Lipinski definition) is 2. The van der Waals surface area contributed by atoms with Gasteiger partial charge in [0.15, 0.2) is 0 Å². The van der Waals surface area contributed by atoms with E-state index in [4.69, 9.17) is 4.42 Å². The van der Waals surface area contributed by atoms with Gasteiger partial charge in [-0.2, -0.15) is 0 Å². The number of thiophene rings is 1. The molecule has 12 rings (SSSR count). The van der Waals surface area contributed by atoms with Crippen LogP contribution in [0.1, 0.15) is 25.0 Å². The van der Waals surface area contributed by atoms with Crippen LogP contribution in [-0.4, -0.2) is 4.57 Å². The fourth-order valence-electron chi connectivity index (χ4n) is 9.52. The van der Waals surface area contributed by atoms with Crippen LogP contribution >= 0.6 is 11.3 Å². The predicted molar refractivity (Wildman–Crippen MR) is 229 cm³/mol. The van der Waals surface area contributed by atoms with Crippen LogP contribution < -0.4 is 0 Å². The first-order valence-corrected chi connectivity index (χ1v) is 19.5. The Kier molecular flexibility index (Phi) is 6.03. The molecule has 3 aromatic heterocycles. The monoisotopic (exact) mass is 707 g/mol. The van der Waals surface area contributed by atoms with Gasteiger partial charge in [-0.25, -0.2) is 0 Å². The summed E-state index contributed by atoms with van der Waals surface area (Å²) in [6.45, 7) is 4.72. The van der Waals surface area contributed by atoms with Gasteiger partial charge in [0, 0.05) is 52.8 Å². The van der Waals surface area contributed by atoms with E-state index in [0.29, 0.717) is 0 Å². The molecule has 0 atom stereocenters. The van der Waals surface area contributed by atoms with Crippen molar-refractivity contribution in [2.45, 2.75) is 19.3 Å². The summed E-state index contributed by atoms with van der Waals surface area (Å²) in [5.41, 5.74) is 15.6. The molecule has 0 aliphatic heterocycles. The summed E-state index contributed by atoms with van der Waals surface area (Å²) in [5.74, 6) is 0. The first-order chi connectivity index (χ1) is 26.5. The Morgan fingerprint density at radius 2 is 1.17 bits per heavy atom. The van der Waals surface area contributed by atoms with E-state index in [9.17, 15) is 0 Å². The zero-order chi connectivity index (χ0) is 35.7. The van der Waals surface area contributed by atoms with Gasteiger partial charge in [-0.3, -0.25) is 0 Å². The molecule has 2 nitrogen and oxygen atoms in total. The molecule has 3 heteroatoms. The third-order valence-electron chi connectivity index (χ3n) is 12.0. The summed E-state index contributed by atoms with van der Waals surface area (Å²) >= 11 is 1.89. The van der Waals surface area contributed by atoms with Crippen LogP contribution in [0.5, 0.6) is 0 Å². The molecule has 54 heavy (non-hydrogen) atoms. The molecule has 3 heterocycles. The van der Waals surface area contributed by atoms with Gasteiger partial charge in [-0.1, -0.05) is 117 Å². The Balaban J connectivity index is 1.07. The Labute approximate surface area is 316 Å². The number of aromatic nitrogens is 1. The van der Waals surface area contributed by atoms with Gasteiger partial charge >= 0.3 is 0 Å². The fraction of sp³-hybridized carbons (Fsp3) is 0.0588. The maximum Gasteiger partial charge on any atom is 0.135 e. The molecular formula is C51H33NOS. The smallest absolute Gasteiger partial charge is 0.135 e. The molecule has 0 unspecified atom stereocenters. The van der Waals surface area contributed by atoms with Gasteiger partial charge in [0.2, 0.25) is 0 Å². The zero-order valence-electron chi connectivity index (χ0n) is 29.9. The van der Waals surface area contributed by atoms with E-state index >= 15 is 0 Å². The van der Waals surface area contributed by atoms with Crippen LogP contribution in [0, 0.1) is 0 Å². The normalized spacial score (nSPS) is 13.5. The van der Waals surface area contributed by atoms with Crippen molar-refractivity contribution in [2.75, 3.05) is 0 Å². The van der Waals surface area contributed by atoms with E-state index in [1.165, 1.54) is 103 Å². The molecule has 0 saturated heterocycles. The summed E-state index contributed by atoms with van der Waals surface area (Å²) in [5, 5.41) is 7.59.